The van der Waals surface area contributed by atoms with Crippen molar-refractivity contribution in [2.45, 2.75) is 0 Å². The number of aromatic nitrogens is 3. The van der Waals surface area contributed by atoms with Gasteiger partial charge in [0.25, 0.3) is 0 Å². The van der Waals surface area contributed by atoms with Crippen molar-refractivity contribution in [3.63, 3.8) is 0 Å². The maximum absolute atomic E-state index is 11.2. The summed E-state index contributed by atoms with van der Waals surface area (Å²) in [4.78, 5) is 15.8. The minimum atomic E-state index is -0.359. The quantitative estimate of drug-likeness (QED) is 0.721. The molecule has 0 saturated heterocycles. The van der Waals surface area contributed by atoms with Crippen LogP contribution in [0.4, 0.5) is 0 Å². The fourth-order valence-corrected chi connectivity index (χ4v) is 1.94. The summed E-state index contributed by atoms with van der Waals surface area (Å²) in [5.41, 5.74) is 0.901. The molecule has 0 unspecified atom stereocenters. The molecule has 2 aromatic rings. The molecule has 0 radical (unpaired) electrons. The highest BCUT2D eigenvalue weighted by atomic mass is 32.1. The summed E-state index contributed by atoms with van der Waals surface area (Å²) in [7, 11) is 3.18. The van der Waals surface area contributed by atoms with Crippen molar-refractivity contribution < 1.29 is 9.53 Å². The Hall–Kier alpha value is -1.69. The predicted molar refractivity (Wildman–Crippen MR) is 55.7 cm³/mol. The molecule has 15 heavy (non-hydrogen) atoms. The van der Waals surface area contributed by atoms with Gasteiger partial charge in [0.2, 0.25) is 0 Å². The molecular formula is C9H9N3O2S. The molecule has 0 aromatic carbocycles. The Morgan fingerprint density at radius 1 is 1.53 bits per heavy atom. The summed E-state index contributed by atoms with van der Waals surface area (Å²) in [5.74, 6) is -0.359. The number of methoxy groups -OCH3 is 1. The zero-order valence-corrected chi connectivity index (χ0v) is 9.11. The number of aryl methyl sites for hydroxylation is 1. The molecule has 0 fully saturated rings. The van der Waals surface area contributed by atoms with E-state index in [-0.39, 0.29) is 5.97 Å². The van der Waals surface area contributed by atoms with Crippen LogP contribution >= 0.6 is 11.3 Å². The topological polar surface area (TPSA) is 57.0 Å². The highest BCUT2D eigenvalue weighted by Crippen LogP contribution is 2.24. The molecule has 0 aliphatic rings. The van der Waals surface area contributed by atoms with Crippen LogP contribution in [0.5, 0.6) is 0 Å². The molecule has 6 heteroatoms. The average molecular weight is 223 g/mol. The number of hydrogen-bond donors (Lipinski definition) is 0. The van der Waals surface area contributed by atoms with Crippen LogP contribution in [-0.2, 0) is 11.8 Å². The van der Waals surface area contributed by atoms with E-state index in [1.54, 1.807) is 10.9 Å². The van der Waals surface area contributed by atoms with Gasteiger partial charge in [0.05, 0.1) is 19.5 Å². The van der Waals surface area contributed by atoms with E-state index >= 15 is 0 Å². The van der Waals surface area contributed by atoms with Gasteiger partial charge in [-0.15, -0.1) is 11.3 Å². The lowest BCUT2D eigenvalue weighted by molar-refractivity contribution is 0.0606. The first-order valence-corrected chi connectivity index (χ1v) is 5.05. The SMILES string of the molecule is COC(=O)c1cnc(-c2cnn(C)c2)s1. The maximum atomic E-state index is 11.2. The first-order valence-electron chi connectivity index (χ1n) is 4.24. The molecule has 0 bridgehead atoms. The summed E-state index contributed by atoms with van der Waals surface area (Å²) >= 11 is 1.29. The van der Waals surface area contributed by atoms with Crippen molar-refractivity contribution in [1.29, 1.82) is 0 Å². The zero-order valence-electron chi connectivity index (χ0n) is 8.30. The number of rotatable bonds is 2. The van der Waals surface area contributed by atoms with Crippen molar-refractivity contribution in [1.82, 2.24) is 14.8 Å². The normalized spacial score (nSPS) is 10.3. The lowest BCUT2D eigenvalue weighted by Gasteiger charge is -1.90. The molecule has 0 aliphatic heterocycles. The van der Waals surface area contributed by atoms with E-state index in [0.717, 1.165) is 10.6 Å². The van der Waals surface area contributed by atoms with Crippen LogP contribution in [0.2, 0.25) is 0 Å². The van der Waals surface area contributed by atoms with Gasteiger partial charge in [0.1, 0.15) is 9.88 Å². The van der Waals surface area contributed by atoms with E-state index in [2.05, 4.69) is 14.8 Å². The Kier molecular flexibility index (Phi) is 2.51. The van der Waals surface area contributed by atoms with Gasteiger partial charge >= 0.3 is 5.97 Å². The number of esters is 1. The average Bonchev–Trinajstić information content (AvgIpc) is 2.84. The van der Waals surface area contributed by atoms with Gasteiger partial charge in [0.15, 0.2) is 0 Å². The second-order valence-corrected chi connectivity index (χ2v) is 3.95. The third-order valence-electron chi connectivity index (χ3n) is 1.84. The van der Waals surface area contributed by atoms with Gasteiger partial charge in [-0.05, 0) is 0 Å². The zero-order chi connectivity index (χ0) is 10.8. The van der Waals surface area contributed by atoms with Gasteiger partial charge in [-0.2, -0.15) is 5.10 Å². The lowest BCUT2D eigenvalue weighted by atomic mass is 10.4. The van der Waals surface area contributed by atoms with E-state index in [0.29, 0.717) is 4.88 Å². The molecule has 5 nitrogen and oxygen atoms in total. The molecule has 0 atom stereocenters. The van der Waals surface area contributed by atoms with Gasteiger partial charge in [-0.3, -0.25) is 4.68 Å². The molecule has 0 spiro atoms. The number of carbonyl (C=O) groups is 1. The molecule has 78 valence electrons. The largest absolute Gasteiger partial charge is 0.465 e. The van der Waals surface area contributed by atoms with E-state index in [1.807, 2.05) is 13.2 Å². The Morgan fingerprint density at radius 2 is 2.33 bits per heavy atom. The molecule has 0 N–H and O–H groups in total. The molecule has 0 amide bonds. The Morgan fingerprint density at radius 3 is 2.93 bits per heavy atom. The summed E-state index contributed by atoms with van der Waals surface area (Å²) < 4.78 is 6.29. The van der Waals surface area contributed by atoms with E-state index < -0.39 is 0 Å². The van der Waals surface area contributed by atoms with Crippen LogP contribution in [-0.4, -0.2) is 27.8 Å². The van der Waals surface area contributed by atoms with Crippen LogP contribution in [0, 0.1) is 0 Å². The van der Waals surface area contributed by atoms with E-state index in [1.165, 1.54) is 24.6 Å². The van der Waals surface area contributed by atoms with Crippen molar-refractivity contribution in [3.8, 4) is 10.6 Å². The van der Waals surface area contributed by atoms with Gasteiger partial charge in [-0.1, -0.05) is 0 Å². The summed E-state index contributed by atoms with van der Waals surface area (Å²) in [6, 6.07) is 0. The van der Waals surface area contributed by atoms with Gasteiger partial charge in [0, 0.05) is 18.8 Å². The fourth-order valence-electron chi connectivity index (χ4n) is 1.13. The second-order valence-electron chi connectivity index (χ2n) is 2.92. The van der Waals surface area contributed by atoms with Crippen LogP contribution in [0.1, 0.15) is 9.67 Å². The van der Waals surface area contributed by atoms with Crippen LogP contribution in [0.15, 0.2) is 18.6 Å². The highest BCUT2D eigenvalue weighted by molar-refractivity contribution is 7.16. The van der Waals surface area contributed by atoms with Crippen molar-refractivity contribution >= 4 is 17.3 Å². The molecular weight excluding hydrogens is 214 g/mol. The molecule has 2 aromatic heterocycles. The third-order valence-corrected chi connectivity index (χ3v) is 2.87. The Balaban J connectivity index is 2.31. The Labute approximate surface area is 90.3 Å². The summed E-state index contributed by atoms with van der Waals surface area (Å²) in [5, 5.41) is 4.80. The third kappa shape index (κ3) is 1.89. The van der Waals surface area contributed by atoms with Crippen molar-refractivity contribution in [2.24, 2.45) is 7.05 Å². The van der Waals surface area contributed by atoms with Crippen molar-refractivity contribution in [3.05, 3.63) is 23.5 Å². The van der Waals surface area contributed by atoms with Crippen molar-refractivity contribution in [2.75, 3.05) is 7.11 Å². The first kappa shape index (κ1) is 9.85. The van der Waals surface area contributed by atoms with Gasteiger partial charge in [-0.25, -0.2) is 9.78 Å². The molecule has 0 aliphatic carbocycles. The Bertz CT molecular complexity index is 489. The number of carbonyl (C=O) groups excluding carboxylic acids is 1. The smallest absolute Gasteiger partial charge is 0.349 e. The standard InChI is InChI=1S/C9H9N3O2S/c1-12-5-6(3-11-12)8-10-4-7(15-8)9(13)14-2/h3-5H,1-2H3. The van der Waals surface area contributed by atoms with Crippen LogP contribution in [0.3, 0.4) is 0 Å². The second kappa shape index (κ2) is 3.82. The van der Waals surface area contributed by atoms with E-state index in [9.17, 15) is 4.79 Å². The number of ether oxygens (including phenoxy) is 1. The number of hydrogen-bond acceptors (Lipinski definition) is 5. The molecule has 2 heterocycles. The number of nitrogens with zero attached hydrogens (tertiary/aromatic N) is 3. The molecule has 0 saturated carbocycles. The van der Waals surface area contributed by atoms with Crippen LogP contribution in [0.25, 0.3) is 10.6 Å². The fraction of sp³-hybridized carbons (Fsp3) is 0.222. The van der Waals surface area contributed by atoms with E-state index in [4.69, 9.17) is 0 Å². The van der Waals surface area contributed by atoms with Gasteiger partial charge < -0.3 is 4.74 Å². The monoisotopic (exact) mass is 223 g/mol. The lowest BCUT2D eigenvalue weighted by Crippen LogP contribution is -1.96. The first-order chi connectivity index (χ1) is 7.20. The van der Waals surface area contributed by atoms with Crippen LogP contribution < -0.4 is 0 Å². The molecule has 2 rings (SSSR count). The maximum Gasteiger partial charge on any atom is 0.349 e. The minimum Gasteiger partial charge on any atom is -0.465 e. The number of thiazole rings is 1. The minimum absolute atomic E-state index is 0.359. The highest BCUT2D eigenvalue weighted by Gasteiger charge is 2.12. The predicted octanol–water partition coefficient (Wildman–Crippen LogP) is 1.33. The summed E-state index contributed by atoms with van der Waals surface area (Å²) in [6.07, 6.45) is 5.07. The summed E-state index contributed by atoms with van der Waals surface area (Å²) in [6.45, 7) is 0.